The minimum atomic E-state index is -4.87. The van der Waals surface area contributed by atoms with Crippen molar-refractivity contribution in [2.24, 2.45) is 5.73 Å². The molecule has 18 heavy (non-hydrogen) atoms. The van der Waals surface area contributed by atoms with Crippen molar-refractivity contribution in [3.8, 4) is 0 Å². The van der Waals surface area contributed by atoms with Gasteiger partial charge in [-0.2, -0.15) is 13.2 Å². The van der Waals surface area contributed by atoms with E-state index >= 15 is 0 Å². The van der Waals surface area contributed by atoms with Crippen molar-refractivity contribution in [1.29, 1.82) is 0 Å². The fourth-order valence-corrected chi connectivity index (χ4v) is 0.969. The second-order valence-electron chi connectivity index (χ2n) is 3.35. The number of hydrogen-bond acceptors (Lipinski definition) is 3. The minimum absolute atomic E-state index is 0. The van der Waals surface area contributed by atoms with Gasteiger partial charge in [0.1, 0.15) is 0 Å². The number of rotatable bonds is 7. The molecule has 0 aromatic rings. The second kappa shape index (κ2) is 9.95. The molecule has 0 fully saturated rings. The number of halogens is 4. The monoisotopic (exact) mass is 291 g/mol. The normalized spacial score (nSPS) is 10.4. The van der Waals surface area contributed by atoms with Gasteiger partial charge in [-0.25, -0.2) is 0 Å². The van der Waals surface area contributed by atoms with Crippen molar-refractivity contribution >= 4 is 24.2 Å². The number of carbonyl (C=O) groups excluding carboxylic acids is 2. The van der Waals surface area contributed by atoms with Crippen LogP contribution in [0.5, 0.6) is 0 Å². The molecular formula is C9H17ClF3N3O2. The maximum atomic E-state index is 11.7. The average molecular weight is 292 g/mol. The van der Waals surface area contributed by atoms with Crippen molar-refractivity contribution in [1.82, 2.24) is 10.6 Å². The van der Waals surface area contributed by atoms with Crippen LogP contribution in [0.1, 0.15) is 19.3 Å². The first-order valence-corrected chi connectivity index (χ1v) is 5.19. The van der Waals surface area contributed by atoms with E-state index in [-0.39, 0.29) is 37.7 Å². The molecule has 9 heteroatoms. The predicted octanol–water partition coefficient (Wildman–Crippen LogP) is 0.332. The highest BCUT2D eigenvalue weighted by Gasteiger charge is 2.38. The lowest BCUT2D eigenvalue weighted by Crippen LogP contribution is -2.37. The fourth-order valence-electron chi connectivity index (χ4n) is 0.969. The number of alkyl halides is 3. The smallest absolute Gasteiger partial charge is 0.356 e. The van der Waals surface area contributed by atoms with Gasteiger partial charge in [0.25, 0.3) is 0 Å². The molecule has 0 aliphatic carbocycles. The summed E-state index contributed by atoms with van der Waals surface area (Å²) < 4.78 is 35.2. The van der Waals surface area contributed by atoms with Gasteiger partial charge in [-0.05, 0) is 19.4 Å². The summed E-state index contributed by atoms with van der Waals surface area (Å²) in [6.07, 6.45) is -3.99. The molecule has 0 heterocycles. The summed E-state index contributed by atoms with van der Waals surface area (Å²) in [5.41, 5.74) is 5.21. The number of amides is 2. The third-order valence-corrected chi connectivity index (χ3v) is 1.83. The fraction of sp³-hybridized carbons (Fsp3) is 0.778. The van der Waals surface area contributed by atoms with E-state index in [2.05, 4.69) is 5.32 Å². The molecule has 5 nitrogen and oxygen atoms in total. The summed E-state index contributed by atoms with van der Waals surface area (Å²) in [5, 5.41) is 4.23. The lowest BCUT2D eigenvalue weighted by molar-refractivity contribution is -0.173. The highest BCUT2D eigenvalue weighted by Crippen LogP contribution is 2.13. The third kappa shape index (κ3) is 10.2. The van der Waals surface area contributed by atoms with Gasteiger partial charge in [-0.15, -0.1) is 12.4 Å². The van der Waals surface area contributed by atoms with E-state index in [1.54, 1.807) is 5.32 Å². The van der Waals surface area contributed by atoms with Gasteiger partial charge in [-0.1, -0.05) is 0 Å². The summed E-state index contributed by atoms with van der Waals surface area (Å²) in [6.45, 7) is 0.731. The van der Waals surface area contributed by atoms with Gasteiger partial charge in [0.2, 0.25) is 5.91 Å². The summed E-state index contributed by atoms with van der Waals surface area (Å²) in [6, 6.07) is 0. The van der Waals surface area contributed by atoms with Gasteiger partial charge in [0.05, 0.1) is 0 Å². The van der Waals surface area contributed by atoms with E-state index in [1.807, 2.05) is 0 Å². The maximum Gasteiger partial charge on any atom is 0.471 e. The van der Waals surface area contributed by atoms with Crippen LogP contribution in [0.25, 0.3) is 0 Å². The van der Waals surface area contributed by atoms with Crippen LogP contribution in [0.15, 0.2) is 0 Å². The van der Waals surface area contributed by atoms with Gasteiger partial charge < -0.3 is 16.4 Å². The van der Waals surface area contributed by atoms with E-state index in [1.165, 1.54) is 0 Å². The molecule has 4 N–H and O–H groups in total. The van der Waals surface area contributed by atoms with Gasteiger partial charge in [-0.3, -0.25) is 9.59 Å². The molecular weight excluding hydrogens is 275 g/mol. The van der Waals surface area contributed by atoms with Crippen molar-refractivity contribution in [3.05, 3.63) is 0 Å². The first-order valence-electron chi connectivity index (χ1n) is 5.19. The Morgan fingerprint density at radius 3 is 2.11 bits per heavy atom. The zero-order chi connectivity index (χ0) is 13.3. The summed E-state index contributed by atoms with van der Waals surface area (Å²) >= 11 is 0. The molecule has 0 rings (SSSR count). The maximum absolute atomic E-state index is 11.7. The Bertz CT molecular complexity index is 262. The highest BCUT2D eigenvalue weighted by molar-refractivity contribution is 5.85. The first-order chi connectivity index (χ1) is 7.88. The Hall–Kier alpha value is -1.02. The lowest BCUT2D eigenvalue weighted by atomic mass is 10.3. The standard InChI is InChI=1S/C9H16F3N3O2.ClH/c10-9(11,12)8(17)15-5-1-3-7(16)14-6-2-4-13;/h1-6,13H2,(H,14,16)(H,15,17);1H. The molecule has 2 amide bonds. The highest BCUT2D eigenvalue weighted by atomic mass is 35.5. The molecule has 0 spiro atoms. The molecule has 0 radical (unpaired) electrons. The molecule has 0 saturated carbocycles. The molecule has 0 aromatic heterocycles. The number of nitrogens with one attached hydrogen (secondary N) is 2. The average Bonchev–Trinajstić information content (AvgIpc) is 2.23. The Morgan fingerprint density at radius 1 is 1.06 bits per heavy atom. The van der Waals surface area contributed by atoms with Crippen LogP contribution >= 0.6 is 12.4 Å². The number of nitrogens with two attached hydrogens (primary N) is 1. The Balaban J connectivity index is 0. The zero-order valence-electron chi connectivity index (χ0n) is 9.68. The van der Waals surface area contributed by atoms with Crippen LogP contribution < -0.4 is 16.4 Å². The summed E-state index contributed by atoms with van der Waals surface area (Å²) in [5.74, 6) is -2.25. The molecule has 0 aliphatic heterocycles. The van der Waals surface area contributed by atoms with Crippen LogP contribution in [-0.2, 0) is 9.59 Å². The van der Waals surface area contributed by atoms with Crippen LogP contribution in [0, 0.1) is 0 Å². The predicted molar refractivity (Wildman–Crippen MR) is 62.2 cm³/mol. The summed E-state index contributed by atoms with van der Waals surface area (Å²) in [7, 11) is 0. The van der Waals surface area contributed by atoms with Crippen molar-refractivity contribution in [2.45, 2.75) is 25.4 Å². The molecule has 0 atom stereocenters. The molecule has 0 bridgehead atoms. The van der Waals surface area contributed by atoms with E-state index in [9.17, 15) is 22.8 Å². The Kier molecular flexibility index (Phi) is 10.7. The quantitative estimate of drug-likeness (QED) is 0.591. The SMILES string of the molecule is Cl.NCCCNC(=O)CCCNC(=O)C(F)(F)F. The topological polar surface area (TPSA) is 84.2 Å². The number of hydrogen-bond donors (Lipinski definition) is 3. The van der Waals surface area contributed by atoms with E-state index < -0.39 is 12.1 Å². The molecule has 0 aliphatic rings. The van der Waals surface area contributed by atoms with Crippen LogP contribution in [0.3, 0.4) is 0 Å². The molecule has 108 valence electrons. The van der Waals surface area contributed by atoms with Crippen LogP contribution in [0.4, 0.5) is 13.2 Å². The van der Waals surface area contributed by atoms with Crippen molar-refractivity contribution in [2.75, 3.05) is 19.6 Å². The van der Waals surface area contributed by atoms with E-state index in [0.29, 0.717) is 19.5 Å². The van der Waals surface area contributed by atoms with E-state index in [0.717, 1.165) is 0 Å². The van der Waals surface area contributed by atoms with Crippen LogP contribution in [-0.4, -0.2) is 37.6 Å². The Morgan fingerprint density at radius 2 is 1.61 bits per heavy atom. The van der Waals surface area contributed by atoms with Gasteiger partial charge in [0, 0.05) is 19.5 Å². The number of carbonyl (C=O) groups is 2. The van der Waals surface area contributed by atoms with Gasteiger partial charge in [0.15, 0.2) is 0 Å². The molecule has 0 unspecified atom stereocenters. The molecule has 0 aromatic carbocycles. The van der Waals surface area contributed by atoms with E-state index in [4.69, 9.17) is 5.73 Å². The first kappa shape index (κ1) is 19.3. The molecule has 0 saturated heterocycles. The van der Waals surface area contributed by atoms with Crippen molar-refractivity contribution in [3.63, 3.8) is 0 Å². The van der Waals surface area contributed by atoms with Crippen molar-refractivity contribution < 1.29 is 22.8 Å². The third-order valence-electron chi connectivity index (χ3n) is 1.83. The van der Waals surface area contributed by atoms with Crippen LogP contribution in [0.2, 0.25) is 0 Å². The summed E-state index contributed by atoms with van der Waals surface area (Å²) in [4.78, 5) is 21.4. The van der Waals surface area contributed by atoms with Gasteiger partial charge >= 0.3 is 12.1 Å². The lowest BCUT2D eigenvalue weighted by Gasteiger charge is -2.07. The minimum Gasteiger partial charge on any atom is -0.356 e. The largest absolute Gasteiger partial charge is 0.471 e. The zero-order valence-corrected chi connectivity index (χ0v) is 10.5. The Labute approximate surface area is 109 Å². The second-order valence-corrected chi connectivity index (χ2v) is 3.35.